The molecule has 3 heterocycles. The summed E-state index contributed by atoms with van der Waals surface area (Å²) in [5.74, 6) is 0.0228. The van der Waals surface area contributed by atoms with Gasteiger partial charge in [0.1, 0.15) is 6.54 Å². The SMILES string of the molecule is Cc1csc(=O)n1CC(=O)N1CCN(Cc2cccnc2)CC1. The van der Waals surface area contributed by atoms with E-state index in [1.807, 2.05) is 24.1 Å². The fourth-order valence-electron chi connectivity index (χ4n) is 2.74. The monoisotopic (exact) mass is 332 g/mol. The fraction of sp³-hybridized carbons (Fsp3) is 0.438. The van der Waals surface area contributed by atoms with Crippen LogP contribution in [0.5, 0.6) is 0 Å². The predicted octanol–water partition coefficient (Wildman–Crippen LogP) is 0.958. The first kappa shape index (κ1) is 15.9. The second kappa shape index (κ2) is 7.06. The van der Waals surface area contributed by atoms with Crippen molar-refractivity contribution >= 4 is 17.2 Å². The van der Waals surface area contributed by atoms with Crippen molar-refractivity contribution in [2.45, 2.75) is 20.0 Å². The first-order valence-corrected chi connectivity index (χ1v) is 8.55. The number of rotatable bonds is 4. The van der Waals surface area contributed by atoms with Gasteiger partial charge in [0.15, 0.2) is 0 Å². The Kier molecular flexibility index (Phi) is 4.88. The highest BCUT2D eigenvalue weighted by Crippen LogP contribution is 2.09. The third kappa shape index (κ3) is 3.86. The van der Waals surface area contributed by atoms with E-state index in [2.05, 4.69) is 16.0 Å². The van der Waals surface area contributed by atoms with Gasteiger partial charge in [-0.1, -0.05) is 17.4 Å². The number of thiazole rings is 1. The van der Waals surface area contributed by atoms with Crippen LogP contribution in [0.2, 0.25) is 0 Å². The molecule has 122 valence electrons. The predicted molar refractivity (Wildman–Crippen MR) is 89.4 cm³/mol. The molecule has 0 radical (unpaired) electrons. The third-order valence-corrected chi connectivity index (χ3v) is 5.00. The minimum Gasteiger partial charge on any atom is -0.339 e. The first-order chi connectivity index (χ1) is 11.1. The molecule has 0 spiro atoms. The summed E-state index contributed by atoms with van der Waals surface area (Å²) in [5.41, 5.74) is 2.04. The Morgan fingerprint density at radius 2 is 2.09 bits per heavy atom. The van der Waals surface area contributed by atoms with E-state index < -0.39 is 0 Å². The van der Waals surface area contributed by atoms with Crippen molar-refractivity contribution in [3.63, 3.8) is 0 Å². The molecule has 7 heteroatoms. The van der Waals surface area contributed by atoms with Gasteiger partial charge in [-0.2, -0.15) is 0 Å². The Balaban J connectivity index is 1.52. The Bertz CT molecular complexity index is 717. The van der Waals surface area contributed by atoms with Gasteiger partial charge in [-0.15, -0.1) is 0 Å². The molecule has 0 unspecified atom stereocenters. The summed E-state index contributed by atoms with van der Waals surface area (Å²) in [6, 6.07) is 4.01. The molecule has 2 aromatic heterocycles. The zero-order chi connectivity index (χ0) is 16.2. The lowest BCUT2D eigenvalue weighted by Crippen LogP contribution is -2.49. The average molecular weight is 332 g/mol. The van der Waals surface area contributed by atoms with E-state index in [0.29, 0.717) is 13.1 Å². The minimum atomic E-state index is -0.0638. The normalized spacial score (nSPS) is 15.8. The summed E-state index contributed by atoms with van der Waals surface area (Å²) in [4.78, 5) is 32.3. The average Bonchev–Trinajstić information content (AvgIpc) is 2.88. The number of aromatic nitrogens is 2. The van der Waals surface area contributed by atoms with Crippen LogP contribution in [0.1, 0.15) is 11.3 Å². The highest BCUT2D eigenvalue weighted by Gasteiger charge is 2.22. The molecular formula is C16H20N4O2S. The summed E-state index contributed by atoms with van der Waals surface area (Å²) in [5, 5.41) is 1.79. The number of aryl methyl sites for hydroxylation is 1. The van der Waals surface area contributed by atoms with E-state index in [9.17, 15) is 9.59 Å². The number of amides is 1. The van der Waals surface area contributed by atoms with Crippen molar-refractivity contribution in [3.05, 3.63) is 50.8 Å². The lowest BCUT2D eigenvalue weighted by molar-refractivity contribution is -0.133. The Hall–Kier alpha value is -1.99. The Morgan fingerprint density at radius 3 is 2.70 bits per heavy atom. The maximum absolute atomic E-state index is 12.4. The highest BCUT2D eigenvalue weighted by molar-refractivity contribution is 7.07. The highest BCUT2D eigenvalue weighted by atomic mass is 32.1. The number of hydrogen-bond acceptors (Lipinski definition) is 5. The molecule has 0 N–H and O–H groups in total. The molecule has 3 rings (SSSR count). The van der Waals surface area contributed by atoms with Crippen LogP contribution in [-0.2, 0) is 17.9 Å². The molecule has 1 amide bonds. The molecule has 1 aliphatic heterocycles. The summed E-state index contributed by atoms with van der Waals surface area (Å²) in [6.45, 7) is 5.97. The van der Waals surface area contributed by atoms with Gasteiger partial charge in [-0.05, 0) is 18.6 Å². The van der Waals surface area contributed by atoms with Crippen molar-refractivity contribution in [1.82, 2.24) is 19.4 Å². The van der Waals surface area contributed by atoms with Crippen LogP contribution in [-0.4, -0.2) is 51.4 Å². The molecular weight excluding hydrogens is 312 g/mol. The molecule has 1 aliphatic rings. The molecule has 0 atom stereocenters. The van der Waals surface area contributed by atoms with Gasteiger partial charge in [-0.25, -0.2) is 0 Å². The lowest BCUT2D eigenvalue weighted by atomic mass is 10.2. The molecule has 0 aromatic carbocycles. The number of pyridine rings is 1. The van der Waals surface area contributed by atoms with Crippen LogP contribution in [0, 0.1) is 6.92 Å². The third-order valence-electron chi connectivity index (χ3n) is 4.12. The van der Waals surface area contributed by atoms with Crippen molar-refractivity contribution < 1.29 is 4.79 Å². The standard InChI is InChI=1S/C16H20N4O2S/c1-13-12-23-16(22)20(13)11-15(21)19-7-5-18(6-8-19)10-14-3-2-4-17-9-14/h2-4,9,12H,5-8,10-11H2,1H3. The number of carbonyl (C=O) groups is 1. The molecule has 23 heavy (non-hydrogen) atoms. The quantitative estimate of drug-likeness (QED) is 0.837. The second-order valence-corrected chi connectivity index (χ2v) is 6.57. The molecule has 1 saturated heterocycles. The fourth-order valence-corrected chi connectivity index (χ4v) is 3.47. The minimum absolute atomic E-state index is 0.0228. The first-order valence-electron chi connectivity index (χ1n) is 7.67. The number of nitrogens with zero attached hydrogens (tertiary/aromatic N) is 4. The molecule has 2 aromatic rings. The van der Waals surface area contributed by atoms with Crippen molar-refractivity contribution in [3.8, 4) is 0 Å². The van der Waals surface area contributed by atoms with Crippen molar-refractivity contribution in [2.75, 3.05) is 26.2 Å². The van der Waals surface area contributed by atoms with E-state index in [4.69, 9.17) is 0 Å². The molecule has 6 nitrogen and oxygen atoms in total. The topological polar surface area (TPSA) is 58.4 Å². The van der Waals surface area contributed by atoms with Crippen LogP contribution in [0.15, 0.2) is 34.7 Å². The van der Waals surface area contributed by atoms with Crippen molar-refractivity contribution in [1.29, 1.82) is 0 Å². The van der Waals surface area contributed by atoms with E-state index in [-0.39, 0.29) is 17.3 Å². The van der Waals surface area contributed by atoms with Gasteiger partial charge < -0.3 is 4.90 Å². The van der Waals surface area contributed by atoms with Crippen molar-refractivity contribution in [2.24, 2.45) is 0 Å². The van der Waals surface area contributed by atoms with Crippen LogP contribution < -0.4 is 4.87 Å². The zero-order valence-electron chi connectivity index (χ0n) is 13.1. The van der Waals surface area contributed by atoms with Gasteiger partial charge in [-0.3, -0.25) is 24.0 Å². The largest absolute Gasteiger partial charge is 0.339 e. The molecule has 0 aliphatic carbocycles. The van der Waals surface area contributed by atoms with Gasteiger partial charge in [0, 0.05) is 56.2 Å². The van der Waals surface area contributed by atoms with Crippen LogP contribution in [0.25, 0.3) is 0 Å². The number of hydrogen-bond donors (Lipinski definition) is 0. The maximum atomic E-state index is 12.4. The van der Waals surface area contributed by atoms with E-state index >= 15 is 0 Å². The second-order valence-electron chi connectivity index (χ2n) is 5.75. The Morgan fingerprint density at radius 1 is 1.30 bits per heavy atom. The van der Waals surface area contributed by atoms with Crippen LogP contribution in [0.4, 0.5) is 0 Å². The van der Waals surface area contributed by atoms with Crippen LogP contribution in [0.3, 0.4) is 0 Å². The van der Waals surface area contributed by atoms with Gasteiger partial charge in [0.05, 0.1) is 0 Å². The van der Waals surface area contributed by atoms with Gasteiger partial charge in [0.2, 0.25) is 5.91 Å². The number of piperazine rings is 1. The van der Waals surface area contributed by atoms with Gasteiger partial charge in [0.25, 0.3) is 0 Å². The summed E-state index contributed by atoms with van der Waals surface area (Å²) < 4.78 is 1.55. The van der Waals surface area contributed by atoms with Gasteiger partial charge >= 0.3 is 4.87 Å². The van der Waals surface area contributed by atoms with E-state index in [1.165, 1.54) is 5.56 Å². The van der Waals surface area contributed by atoms with E-state index in [0.717, 1.165) is 36.7 Å². The maximum Gasteiger partial charge on any atom is 0.307 e. The van der Waals surface area contributed by atoms with E-state index in [1.54, 1.807) is 16.1 Å². The lowest BCUT2D eigenvalue weighted by Gasteiger charge is -2.34. The molecule has 0 saturated carbocycles. The smallest absolute Gasteiger partial charge is 0.307 e. The summed E-state index contributed by atoms with van der Waals surface area (Å²) >= 11 is 1.14. The molecule has 1 fully saturated rings. The molecule has 0 bridgehead atoms. The van der Waals surface area contributed by atoms with Crippen LogP contribution >= 0.6 is 11.3 Å². The number of carbonyl (C=O) groups excluding carboxylic acids is 1. The Labute approximate surface area is 139 Å². The summed E-state index contributed by atoms with van der Waals surface area (Å²) in [6.07, 6.45) is 3.65. The summed E-state index contributed by atoms with van der Waals surface area (Å²) in [7, 11) is 0. The zero-order valence-corrected chi connectivity index (χ0v) is 14.0.